The molecule has 10 heavy (non-hydrogen) atoms. The second-order valence-corrected chi connectivity index (χ2v) is 1.64. The van der Waals surface area contributed by atoms with E-state index in [2.05, 4.69) is 10.5 Å². The maximum Gasteiger partial charge on any atom is 0.404 e. The first-order valence-electron chi connectivity index (χ1n) is 2.51. The molecular formula is C4H9N3O3. The van der Waals surface area contributed by atoms with Crippen LogP contribution in [0.1, 0.15) is 0 Å². The van der Waals surface area contributed by atoms with Crippen molar-refractivity contribution in [1.29, 1.82) is 0 Å². The van der Waals surface area contributed by atoms with Crippen molar-refractivity contribution in [2.45, 2.75) is 6.04 Å². The molecule has 6 N–H and O–H groups in total. The fourth-order valence-corrected chi connectivity index (χ4v) is 0.254. The molecule has 0 spiro atoms. The van der Waals surface area contributed by atoms with Crippen LogP contribution in [0.2, 0.25) is 0 Å². The fourth-order valence-electron chi connectivity index (χ4n) is 0.254. The summed E-state index contributed by atoms with van der Waals surface area (Å²) in [5, 5.41) is 0. The van der Waals surface area contributed by atoms with E-state index in [9.17, 15) is 9.59 Å². The van der Waals surface area contributed by atoms with E-state index in [-0.39, 0.29) is 6.61 Å². The Hall–Kier alpha value is -1.30. The molecule has 0 aliphatic carbocycles. The minimum absolute atomic E-state index is 0.273. The second kappa shape index (κ2) is 3.67. The second-order valence-electron chi connectivity index (χ2n) is 1.64. The number of hydrogen-bond donors (Lipinski definition) is 3. The first kappa shape index (κ1) is 8.70. The molecule has 0 bridgehead atoms. The van der Waals surface area contributed by atoms with E-state index in [1.165, 1.54) is 0 Å². The smallest absolute Gasteiger partial charge is 0.404 e. The summed E-state index contributed by atoms with van der Waals surface area (Å²) in [5.41, 5.74) is 14.4. The molecule has 2 amide bonds. The van der Waals surface area contributed by atoms with Gasteiger partial charge in [0.05, 0.1) is 0 Å². The molecule has 0 saturated heterocycles. The van der Waals surface area contributed by atoms with Crippen LogP contribution in [0.4, 0.5) is 4.79 Å². The molecule has 0 fully saturated rings. The first-order valence-corrected chi connectivity index (χ1v) is 2.51. The van der Waals surface area contributed by atoms with Crippen LogP contribution in [0.15, 0.2) is 0 Å². The van der Waals surface area contributed by atoms with Gasteiger partial charge in [-0.15, -0.1) is 0 Å². The molecule has 58 valence electrons. The number of hydrogen-bond acceptors (Lipinski definition) is 4. The van der Waals surface area contributed by atoms with Crippen LogP contribution in [-0.4, -0.2) is 24.6 Å². The monoisotopic (exact) mass is 147 g/mol. The molecule has 0 aliphatic rings. The van der Waals surface area contributed by atoms with Gasteiger partial charge >= 0.3 is 6.09 Å². The van der Waals surface area contributed by atoms with Crippen molar-refractivity contribution >= 4 is 12.0 Å². The van der Waals surface area contributed by atoms with Gasteiger partial charge in [-0.3, -0.25) is 4.79 Å². The molecule has 1 atom stereocenters. The minimum atomic E-state index is -0.979. The summed E-state index contributed by atoms with van der Waals surface area (Å²) in [5.74, 6) is -0.735. The number of amides is 2. The SMILES string of the molecule is NC(=O)OCC(N)C(N)=O. The fraction of sp³-hybridized carbons (Fsp3) is 0.500. The maximum absolute atomic E-state index is 10.2. The summed E-state index contributed by atoms with van der Waals surface area (Å²) >= 11 is 0. The maximum atomic E-state index is 10.2. The van der Waals surface area contributed by atoms with Crippen LogP contribution >= 0.6 is 0 Å². The third-order valence-electron chi connectivity index (χ3n) is 0.771. The molecule has 0 heterocycles. The molecule has 0 saturated carbocycles. The quantitative estimate of drug-likeness (QED) is 0.423. The van der Waals surface area contributed by atoms with Gasteiger partial charge in [0.1, 0.15) is 12.6 Å². The lowest BCUT2D eigenvalue weighted by molar-refractivity contribution is -0.119. The lowest BCUT2D eigenvalue weighted by Crippen LogP contribution is -2.41. The number of rotatable bonds is 3. The van der Waals surface area contributed by atoms with E-state index in [0.717, 1.165) is 0 Å². The van der Waals surface area contributed by atoms with E-state index in [1.807, 2.05) is 0 Å². The van der Waals surface area contributed by atoms with Gasteiger partial charge in [0.25, 0.3) is 0 Å². The average molecular weight is 147 g/mol. The number of nitrogens with two attached hydrogens (primary N) is 3. The van der Waals surface area contributed by atoms with E-state index in [1.54, 1.807) is 0 Å². The zero-order valence-electron chi connectivity index (χ0n) is 5.24. The van der Waals surface area contributed by atoms with Gasteiger partial charge in [0.2, 0.25) is 5.91 Å². The summed E-state index contributed by atoms with van der Waals surface area (Å²) in [6.45, 7) is -0.273. The van der Waals surface area contributed by atoms with Gasteiger partial charge in [-0.1, -0.05) is 0 Å². The Labute approximate surface area is 57.3 Å². The molecule has 6 nitrogen and oxygen atoms in total. The first-order chi connectivity index (χ1) is 4.54. The molecule has 0 radical (unpaired) electrons. The van der Waals surface area contributed by atoms with E-state index in [0.29, 0.717) is 0 Å². The van der Waals surface area contributed by atoms with Crippen LogP contribution in [0, 0.1) is 0 Å². The minimum Gasteiger partial charge on any atom is -0.447 e. The topological polar surface area (TPSA) is 121 Å². The van der Waals surface area contributed by atoms with Gasteiger partial charge in [-0.2, -0.15) is 0 Å². The van der Waals surface area contributed by atoms with Gasteiger partial charge in [-0.05, 0) is 0 Å². The highest BCUT2D eigenvalue weighted by molar-refractivity contribution is 5.80. The van der Waals surface area contributed by atoms with Crippen molar-refractivity contribution in [3.63, 3.8) is 0 Å². The van der Waals surface area contributed by atoms with Crippen molar-refractivity contribution in [1.82, 2.24) is 0 Å². The van der Waals surface area contributed by atoms with Crippen molar-refractivity contribution in [3.8, 4) is 0 Å². The molecule has 0 aliphatic heterocycles. The van der Waals surface area contributed by atoms with E-state index < -0.39 is 18.0 Å². The highest BCUT2D eigenvalue weighted by Crippen LogP contribution is 1.79. The van der Waals surface area contributed by atoms with Gasteiger partial charge in [0.15, 0.2) is 0 Å². The summed E-state index contributed by atoms with van der Waals surface area (Å²) < 4.78 is 4.18. The predicted octanol–water partition coefficient (Wildman–Crippen LogP) is -2.11. The Kier molecular flexibility index (Phi) is 3.20. The number of ether oxygens (including phenoxy) is 1. The van der Waals surface area contributed by atoms with Gasteiger partial charge < -0.3 is 21.9 Å². The Morgan fingerprint density at radius 2 is 1.90 bits per heavy atom. The third kappa shape index (κ3) is 3.67. The summed E-state index contributed by atoms with van der Waals surface area (Å²) in [4.78, 5) is 20.1. The molecule has 0 aromatic carbocycles. The largest absolute Gasteiger partial charge is 0.447 e. The van der Waals surface area contributed by atoms with Crippen molar-refractivity contribution in [2.24, 2.45) is 17.2 Å². The van der Waals surface area contributed by atoms with Crippen LogP contribution in [0.3, 0.4) is 0 Å². The Balaban J connectivity index is 3.49. The molecule has 0 rings (SSSR count). The summed E-state index contributed by atoms with van der Waals surface area (Å²) in [7, 11) is 0. The lowest BCUT2D eigenvalue weighted by Gasteiger charge is -2.05. The zero-order chi connectivity index (χ0) is 8.15. The Bertz CT molecular complexity index is 147. The summed E-state index contributed by atoms with van der Waals surface area (Å²) in [6, 6.07) is -0.979. The van der Waals surface area contributed by atoms with Crippen LogP contribution in [-0.2, 0) is 9.53 Å². The Morgan fingerprint density at radius 3 is 2.20 bits per heavy atom. The van der Waals surface area contributed by atoms with Crippen molar-refractivity contribution in [3.05, 3.63) is 0 Å². The van der Waals surface area contributed by atoms with Crippen LogP contribution < -0.4 is 17.2 Å². The van der Waals surface area contributed by atoms with Crippen molar-refractivity contribution in [2.75, 3.05) is 6.61 Å². The van der Waals surface area contributed by atoms with E-state index in [4.69, 9.17) is 11.5 Å². The van der Waals surface area contributed by atoms with E-state index >= 15 is 0 Å². The van der Waals surface area contributed by atoms with Crippen molar-refractivity contribution < 1.29 is 14.3 Å². The molecule has 1 unspecified atom stereocenters. The van der Waals surface area contributed by atoms with Gasteiger partial charge in [-0.25, -0.2) is 4.79 Å². The van der Waals surface area contributed by atoms with Crippen LogP contribution in [0.5, 0.6) is 0 Å². The molecular weight excluding hydrogens is 138 g/mol. The molecule has 0 aromatic heterocycles. The van der Waals surface area contributed by atoms with Gasteiger partial charge in [0, 0.05) is 0 Å². The van der Waals surface area contributed by atoms with Crippen LogP contribution in [0.25, 0.3) is 0 Å². The highest BCUT2D eigenvalue weighted by Gasteiger charge is 2.09. The zero-order valence-corrected chi connectivity index (χ0v) is 5.24. The molecule has 6 heteroatoms. The number of carbonyl (C=O) groups excluding carboxylic acids is 2. The number of carbonyl (C=O) groups is 2. The standard InChI is InChI=1S/C4H9N3O3/c5-2(3(6)8)1-10-4(7)9/h2H,1,5H2,(H2,6,8)(H2,7,9). The molecule has 0 aromatic rings. The normalized spacial score (nSPS) is 12.1. The third-order valence-corrected chi connectivity index (χ3v) is 0.771. The average Bonchev–Trinajstić information content (AvgIpc) is 1.82. The summed E-state index contributed by atoms with van der Waals surface area (Å²) in [6.07, 6.45) is -0.975. The number of primary amides is 2. The lowest BCUT2D eigenvalue weighted by atomic mass is 10.3. The predicted molar refractivity (Wildman–Crippen MR) is 32.7 cm³/mol. The Morgan fingerprint density at radius 1 is 1.40 bits per heavy atom. The highest BCUT2D eigenvalue weighted by atomic mass is 16.5.